The first kappa shape index (κ1) is 12.6. The van der Waals surface area contributed by atoms with Crippen molar-refractivity contribution in [3.05, 3.63) is 29.8 Å². The van der Waals surface area contributed by atoms with Crippen molar-refractivity contribution < 1.29 is 9.53 Å². The van der Waals surface area contributed by atoms with Gasteiger partial charge in [0.1, 0.15) is 0 Å². The molecule has 0 saturated heterocycles. The number of anilines is 1. The maximum atomic E-state index is 11.6. The molecule has 16 heavy (non-hydrogen) atoms. The van der Waals surface area contributed by atoms with Crippen molar-refractivity contribution in [1.29, 1.82) is 0 Å². The summed E-state index contributed by atoms with van der Waals surface area (Å²) < 4.78 is 5.07. The molecule has 0 amide bonds. The summed E-state index contributed by atoms with van der Waals surface area (Å²) in [7, 11) is 0. The van der Waals surface area contributed by atoms with Gasteiger partial charge in [0, 0.05) is 12.2 Å². The maximum Gasteiger partial charge on any atom is 0.338 e. The van der Waals surface area contributed by atoms with E-state index in [9.17, 15) is 4.79 Å². The largest absolute Gasteiger partial charge is 0.462 e. The van der Waals surface area contributed by atoms with Crippen LogP contribution in [-0.2, 0) is 4.74 Å². The van der Waals surface area contributed by atoms with Gasteiger partial charge in [-0.25, -0.2) is 4.79 Å². The Hall–Kier alpha value is -1.51. The number of nitrogens with one attached hydrogen (secondary N) is 1. The fraction of sp³-hybridized carbons (Fsp3) is 0.462. The first-order valence-corrected chi connectivity index (χ1v) is 5.79. The lowest BCUT2D eigenvalue weighted by atomic mass is 10.2. The Balaban J connectivity index is 2.62. The van der Waals surface area contributed by atoms with Gasteiger partial charge in [-0.05, 0) is 31.0 Å². The van der Waals surface area contributed by atoms with Gasteiger partial charge in [0.25, 0.3) is 0 Å². The molecule has 0 spiro atoms. The minimum absolute atomic E-state index is 0.248. The zero-order chi connectivity index (χ0) is 11.8. The summed E-state index contributed by atoms with van der Waals surface area (Å²) in [6.45, 7) is 5.47. The fourth-order valence-corrected chi connectivity index (χ4v) is 1.30. The number of benzene rings is 1. The fourth-order valence-electron chi connectivity index (χ4n) is 1.30. The molecule has 1 rings (SSSR count). The first-order valence-electron chi connectivity index (χ1n) is 5.79. The van der Waals surface area contributed by atoms with Crippen molar-refractivity contribution >= 4 is 11.7 Å². The zero-order valence-electron chi connectivity index (χ0n) is 9.95. The molecular formula is C13H19NO2. The van der Waals surface area contributed by atoms with E-state index in [4.69, 9.17) is 4.74 Å². The molecule has 0 aliphatic heterocycles. The van der Waals surface area contributed by atoms with E-state index in [0.717, 1.165) is 25.1 Å². The van der Waals surface area contributed by atoms with Crippen LogP contribution < -0.4 is 5.32 Å². The van der Waals surface area contributed by atoms with Crippen LogP contribution in [0.15, 0.2) is 24.3 Å². The summed E-state index contributed by atoms with van der Waals surface area (Å²) in [4.78, 5) is 11.6. The molecule has 0 atom stereocenters. The minimum atomic E-state index is -0.248. The van der Waals surface area contributed by atoms with Crippen LogP contribution in [0.2, 0.25) is 0 Å². The van der Waals surface area contributed by atoms with Crippen LogP contribution in [0.25, 0.3) is 0 Å². The predicted octanol–water partition coefficient (Wildman–Crippen LogP) is 3.08. The molecule has 0 bridgehead atoms. The topological polar surface area (TPSA) is 38.3 Å². The second-order valence-electron chi connectivity index (χ2n) is 3.64. The quantitative estimate of drug-likeness (QED) is 0.750. The van der Waals surface area contributed by atoms with Gasteiger partial charge >= 0.3 is 5.97 Å². The zero-order valence-corrected chi connectivity index (χ0v) is 9.95. The smallest absolute Gasteiger partial charge is 0.338 e. The second-order valence-corrected chi connectivity index (χ2v) is 3.64. The Morgan fingerprint density at radius 1 is 1.31 bits per heavy atom. The summed E-state index contributed by atoms with van der Waals surface area (Å²) in [5, 5.41) is 3.24. The van der Waals surface area contributed by atoms with Crippen molar-refractivity contribution in [2.75, 3.05) is 18.5 Å². The average Bonchev–Trinajstić information content (AvgIpc) is 2.33. The number of carbonyl (C=O) groups is 1. The number of hydrogen-bond donors (Lipinski definition) is 1. The van der Waals surface area contributed by atoms with Crippen LogP contribution >= 0.6 is 0 Å². The van der Waals surface area contributed by atoms with E-state index < -0.39 is 0 Å². The third-order valence-corrected chi connectivity index (χ3v) is 2.11. The number of rotatable bonds is 6. The van der Waals surface area contributed by atoms with Crippen LogP contribution in [0.5, 0.6) is 0 Å². The third kappa shape index (κ3) is 3.93. The molecule has 3 nitrogen and oxygen atoms in total. The van der Waals surface area contributed by atoms with Crippen LogP contribution in [-0.4, -0.2) is 19.1 Å². The Morgan fingerprint density at radius 3 is 2.81 bits per heavy atom. The highest BCUT2D eigenvalue weighted by atomic mass is 16.5. The van der Waals surface area contributed by atoms with Crippen molar-refractivity contribution in [3.63, 3.8) is 0 Å². The summed E-state index contributed by atoms with van der Waals surface area (Å²) in [5.41, 5.74) is 1.57. The van der Waals surface area contributed by atoms with Gasteiger partial charge in [-0.1, -0.05) is 19.9 Å². The molecule has 0 unspecified atom stereocenters. The molecule has 0 saturated carbocycles. The predicted molar refractivity (Wildman–Crippen MR) is 65.8 cm³/mol. The Labute approximate surface area is 96.8 Å². The summed E-state index contributed by atoms with van der Waals surface area (Å²) in [5.74, 6) is -0.248. The summed E-state index contributed by atoms with van der Waals surface area (Å²) in [6, 6.07) is 7.41. The summed E-state index contributed by atoms with van der Waals surface area (Å²) >= 11 is 0. The number of carbonyl (C=O) groups excluding carboxylic acids is 1. The SMILES string of the molecule is CCCNc1cccc(C(=O)OCCC)c1. The van der Waals surface area contributed by atoms with Crippen LogP contribution in [0.1, 0.15) is 37.0 Å². The van der Waals surface area contributed by atoms with Crippen molar-refractivity contribution in [3.8, 4) is 0 Å². The van der Waals surface area contributed by atoms with Gasteiger partial charge in [0.05, 0.1) is 12.2 Å². The van der Waals surface area contributed by atoms with Gasteiger partial charge in [0.15, 0.2) is 0 Å². The molecule has 0 heterocycles. The first-order chi connectivity index (χ1) is 7.77. The molecular weight excluding hydrogens is 202 g/mol. The molecule has 1 N–H and O–H groups in total. The van der Waals surface area contributed by atoms with Gasteiger partial charge in [-0.15, -0.1) is 0 Å². The van der Waals surface area contributed by atoms with E-state index >= 15 is 0 Å². The molecule has 0 radical (unpaired) electrons. The highest BCUT2D eigenvalue weighted by Crippen LogP contribution is 2.11. The third-order valence-electron chi connectivity index (χ3n) is 2.11. The van der Waals surface area contributed by atoms with Crippen molar-refractivity contribution in [1.82, 2.24) is 0 Å². The lowest BCUT2D eigenvalue weighted by Gasteiger charge is -2.07. The van der Waals surface area contributed by atoms with E-state index in [1.54, 1.807) is 6.07 Å². The molecule has 0 fully saturated rings. The molecule has 3 heteroatoms. The lowest BCUT2D eigenvalue weighted by molar-refractivity contribution is 0.0505. The molecule has 0 aliphatic carbocycles. The van der Waals surface area contributed by atoms with Gasteiger partial charge in [-0.3, -0.25) is 0 Å². The van der Waals surface area contributed by atoms with Crippen molar-refractivity contribution in [2.24, 2.45) is 0 Å². The molecule has 1 aromatic rings. The number of ether oxygens (including phenoxy) is 1. The van der Waals surface area contributed by atoms with E-state index in [1.807, 2.05) is 25.1 Å². The highest BCUT2D eigenvalue weighted by Gasteiger charge is 2.06. The number of esters is 1. The van der Waals surface area contributed by atoms with Crippen molar-refractivity contribution in [2.45, 2.75) is 26.7 Å². The van der Waals surface area contributed by atoms with Crippen LogP contribution in [0.3, 0.4) is 0 Å². The standard InChI is InChI=1S/C13H19NO2/c1-3-8-14-12-7-5-6-11(10-12)13(15)16-9-4-2/h5-7,10,14H,3-4,8-9H2,1-2H3. The Bertz CT molecular complexity index is 336. The normalized spacial score (nSPS) is 9.88. The lowest BCUT2D eigenvalue weighted by Crippen LogP contribution is -2.07. The molecule has 1 aromatic carbocycles. The second kappa shape index (κ2) is 6.88. The average molecular weight is 221 g/mol. The Morgan fingerprint density at radius 2 is 2.12 bits per heavy atom. The Kier molecular flexibility index (Phi) is 5.40. The monoisotopic (exact) mass is 221 g/mol. The molecule has 0 aromatic heterocycles. The maximum absolute atomic E-state index is 11.6. The molecule has 0 aliphatic rings. The van der Waals surface area contributed by atoms with Crippen LogP contribution in [0, 0.1) is 0 Å². The van der Waals surface area contributed by atoms with Gasteiger partial charge in [0.2, 0.25) is 0 Å². The van der Waals surface area contributed by atoms with Crippen LogP contribution in [0.4, 0.5) is 5.69 Å². The van der Waals surface area contributed by atoms with E-state index in [-0.39, 0.29) is 5.97 Å². The highest BCUT2D eigenvalue weighted by molar-refractivity contribution is 5.90. The summed E-state index contributed by atoms with van der Waals surface area (Å²) in [6.07, 6.45) is 1.91. The van der Waals surface area contributed by atoms with Gasteiger partial charge < -0.3 is 10.1 Å². The minimum Gasteiger partial charge on any atom is -0.462 e. The van der Waals surface area contributed by atoms with E-state index in [1.165, 1.54) is 0 Å². The molecule has 88 valence electrons. The number of hydrogen-bond acceptors (Lipinski definition) is 3. The van der Waals surface area contributed by atoms with Gasteiger partial charge in [-0.2, -0.15) is 0 Å². The van der Waals surface area contributed by atoms with E-state index in [2.05, 4.69) is 12.2 Å². The van der Waals surface area contributed by atoms with E-state index in [0.29, 0.717) is 12.2 Å².